The summed E-state index contributed by atoms with van der Waals surface area (Å²) in [6, 6.07) is 8.19. The van der Waals surface area contributed by atoms with Crippen molar-refractivity contribution < 1.29 is 4.39 Å². The highest BCUT2D eigenvalue weighted by molar-refractivity contribution is 6.43. The fourth-order valence-corrected chi connectivity index (χ4v) is 1.67. The largest absolute Gasteiger partial charge is 0.228 e. The maximum atomic E-state index is 12.6. The predicted molar refractivity (Wildman–Crippen MR) is 59.7 cm³/mol. The number of aromatic nitrogens is 1. The van der Waals surface area contributed by atoms with Crippen molar-refractivity contribution in [3.63, 3.8) is 0 Å². The second-order valence-electron chi connectivity index (χ2n) is 2.97. The average molecular weight is 242 g/mol. The van der Waals surface area contributed by atoms with Crippen molar-refractivity contribution in [2.45, 2.75) is 0 Å². The van der Waals surface area contributed by atoms with Gasteiger partial charge < -0.3 is 0 Å². The molecule has 0 aliphatic rings. The first-order valence-electron chi connectivity index (χ1n) is 4.24. The van der Waals surface area contributed by atoms with Crippen molar-refractivity contribution in [2.24, 2.45) is 0 Å². The van der Waals surface area contributed by atoms with Gasteiger partial charge in [-0.15, -0.1) is 0 Å². The number of halogens is 3. The number of nitrogens with zero attached hydrogens (tertiary/aromatic N) is 1. The van der Waals surface area contributed by atoms with Crippen LogP contribution in [0, 0.1) is 5.95 Å². The van der Waals surface area contributed by atoms with Gasteiger partial charge in [-0.25, -0.2) is 4.98 Å². The highest BCUT2D eigenvalue weighted by Crippen LogP contribution is 2.32. The van der Waals surface area contributed by atoms with Crippen molar-refractivity contribution in [2.75, 3.05) is 0 Å². The number of hydrogen-bond donors (Lipinski definition) is 0. The first kappa shape index (κ1) is 10.4. The molecule has 0 amide bonds. The molecule has 76 valence electrons. The Kier molecular flexibility index (Phi) is 2.89. The van der Waals surface area contributed by atoms with Gasteiger partial charge in [0, 0.05) is 17.3 Å². The quantitative estimate of drug-likeness (QED) is 0.683. The molecule has 0 aliphatic heterocycles. The van der Waals surface area contributed by atoms with Crippen LogP contribution in [-0.4, -0.2) is 4.98 Å². The Balaban J connectivity index is 2.54. The first-order chi connectivity index (χ1) is 7.18. The monoisotopic (exact) mass is 241 g/mol. The summed E-state index contributed by atoms with van der Waals surface area (Å²) in [5.41, 5.74) is 1.49. The molecule has 0 saturated heterocycles. The van der Waals surface area contributed by atoms with Crippen LogP contribution in [-0.2, 0) is 0 Å². The minimum atomic E-state index is -0.517. The van der Waals surface area contributed by atoms with Gasteiger partial charge in [0.05, 0.1) is 10.0 Å². The Labute approximate surface area is 96.5 Å². The molecule has 0 aliphatic carbocycles. The van der Waals surface area contributed by atoms with E-state index in [9.17, 15) is 4.39 Å². The standard InChI is InChI=1S/C11H6Cl2FN/c12-9-3-1-2-8(11(9)13)7-4-5-10(14)15-6-7/h1-6H. The van der Waals surface area contributed by atoms with Gasteiger partial charge in [0.1, 0.15) is 0 Å². The van der Waals surface area contributed by atoms with Crippen molar-refractivity contribution in [3.8, 4) is 11.1 Å². The molecular formula is C11H6Cl2FN. The third-order valence-electron chi connectivity index (χ3n) is 1.99. The summed E-state index contributed by atoms with van der Waals surface area (Å²) in [5.74, 6) is -0.517. The van der Waals surface area contributed by atoms with E-state index in [1.807, 2.05) is 6.07 Å². The summed E-state index contributed by atoms with van der Waals surface area (Å²) in [6.45, 7) is 0. The van der Waals surface area contributed by atoms with Gasteiger partial charge in [0.15, 0.2) is 0 Å². The lowest BCUT2D eigenvalue weighted by molar-refractivity contribution is 0.584. The molecule has 2 aromatic rings. The molecule has 0 saturated carbocycles. The summed E-state index contributed by atoms with van der Waals surface area (Å²) < 4.78 is 12.6. The Hall–Kier alpha value is -1.12. The van der Waals surface area contributed by atoms with Crippen LogP contribution in [0.2, 0.25) is 10.0 Å². The van der Waals surface area contributed by atoms with Crippen LogP contribution >= 0.6 is 23.2 Å². The van der Waals surface area contributed by atoms with Crippen LogP contribution in [0.4, 0.5) is 4.39 Å². The molecule has 1 heterocycles. The molecule has 0 radical (unpaired) electrons. The summed E-state index contributed by atoms with van der Waals surface area (Å²) in [5, 5.41) is 0.922. The van der Waals surface area contributed by atoms with E-state index in [1.165, 1.54) is 12.3 Å². The van der Waals surface area contributed by atoms with Crippen LogP contribution in [0.5, 0.6) is 0 Å². The minimum absolute atomic E-state index is 0.451. The van der Waals surface area contributed by atoms with Crippen LogP contribution in [0.3, 0.4) is 0 Å². The molecule has 0 bridgehead atoms. The summed E-state index contributed by atoms with van der Waals surface area (Å²) >= 11 is 11.9. The highest BCUT2D eigenvalue weighted by Gasteiger charge is 2.06. The summed E-state index contributed by atoms with van der Waals surface area (Å²) in [6.07, 6.45) is 1.42. The van der Waals surface area contributed by atoms with Gasteiger partial charge in [-0.2, -0.15) is 4.39 Å². The summed E-state index contributed by atoms with van der Waals surface area (Å²) in [7, 11) is 0. The molecule has 0 atom stereocenters. The van der Waals surface area contributed by atoms with E-state index >= 15 is 0 Å². The van der Waals surface area contributed by atoms with E-state index in [0.29, 0.717) is 10.0 Å². The van der Waals surface area contributed by atoms with Crippen molar-refractivity contribution >= 4 is 23.2 Å². The van der Waals surface area contributed by atoms with Gasteiger partial charge in [0.25, 0.3) is 0 Å². The molecule has 4 heteroatoms. The van der Waals surface area contributed by atoms with Crippen molar-refractivity contribution in [3.05, 3.63) is 52.5 Å². The van der Waals surface area contributed by atoms with E-state index in [2.05, 4.69) is 4.98 Å². The fourth-order valence-electron chi connectivity index (χ4n) is 1.26. The van der Waals surface area contributed by atoms with E-state index in [4.69, 9.17) is 23.2 Å². The Morgan fingerprint density at radius 1 is 1.07 bits per heavy atom. The Bertz CT molecular complexity index is 482. The number of hydrogen-bond acceptors (Lipinski definition) is 1. The lowest BCUT2D eigenvalue weighted by Crippen LogP contribution is -1.84. The molecule has 0 unspecified atom stereocenters. The molecule has 0 spiro atoms. The SMILES string of the molecule is Fc1ccc(-c2cccc(Cl)c2Cl)cn1. The molecule has 0 fully saturated rings. The number of benzene rings is 1. The third-order valence-corrected chi connectivity index (χ3v) is 2.81. The Morgan fingerprint density at radius 3 is 2.53 bits per heavy atom. The maximum absolute atomic E-state index is 12.6. The number of pyridine rings is 1. The second kappa shape index (κ2) is 4.17. The first-order valence-corrected chi connectivity index (χ1v) is 5.00. The smallest absolute Gasteiger partial charge is 0.212 e. The molecule has 1 nitrogen and oxygen atoms in total. The lowest BCUT2D eigenvalue weighted by atomic mass is 10.1. The van der Waals surface area contributed by atoms with Gasteiger partial charge in [0.2, 0.25) is 5.95 Å². The van der Waals surface area contributed by atoms with Gasteiger partial charge in [-0.1, -0.05) is 35.3 Å². The van der Waals surface area contributed by atoms with Crippen LogP contribution < -0.4 is 0 Å². The minimum Gasteiger partial charge on any atom is -0.228 e. The molecule has 1 aromatic heterocycles. The van der Waals surface area contributed by atoms with E-state index in [0.717, 1.165) is 11.1 Å². The Morgan fingerprint density at radius 2 is 1.87 bits per heavy atom. The van der Waals surface area contributed by atoms with Crippen LogP contribution in [0.1, 0.15) is 0 Å². The van der Waals surface area contributed by atoms with Gasteiger partial charge in [-0.05, 0) is 18.2 Å². The highest BCUT2D eigenvalue weighted by atomic mass is 35.5. The van der Waals surface area contributed by atoms with Crippen molar-refractivity contribution in [1.82, 2.24) is 4.98 Å². The predicted octanol–water partition coefficient (Wildman–Crippen LogP) is 4.19. The van der Waals surface area contributed by atoms with Gasteiger partial charge >= 0.3 is 0 Å². The van der Waals surface area contributed by atoms with Crippen molar-refractivity contribution in [1.29, 1.82) is 0 Å². The zero-order valence-electron chi connectivity index (χ0n) is 7.55. The van der Waals surface area contributed by atoms with Gasteiger partial charge in [-0.3, -0.25) is 0 Å². The lowest BCUT2D eigenvalue weighted by Gasteiger charge is -2.04. The topological polar surface area (TPSA) is 12.9 Å². The zero-order chi connectivity index (χ0) is 10.8. The van der Waals surface area contributed by atoms with E-state index < -0.39 is 5.95 Å². The van der Waals surface area contributed by atoms with Crippen LogP contribution in [0.15, 0.2) is 36.5 Å². The molecular weight excluding hydrogens is 236 g/mol. The normalized spacial score (nSPS) is 10.3. The molecule has 2 rings (SSSR count). The van der Waals surface area contributed by atoms with E-state index in [-0.39, 0.29) is 0 Å². The second-order valence-corrected chi connectivity index (χ2v) is 3.76. The number of rotatable bonds is 1. The average Bonchev–Trinajstić information content (AvgIpc) is 2.24. The zero-order valence-corrected chi connectivity index (χ0v) is 9.06. The van der Waals surface area contributed by atoms with E-state index in [1.54, 1.807) is 18.2 Å². The maximum Gasteiger partial charge on any atom is 0.212 e. The summed E-state index contributed by atoms with van der Waals surface area (Å²) in [4.78, 5) is 3.56. The molecule has 1 aromatic carbocycles. The third kappa shape index (κ3) is 2.11. The molecule has 15 heavy (non-hydrogen) atoms. The van der Waals surface area contributed by atoms with Crippen LogP contribution in [0.25, 0.3) is 11.1 Å². The molecule has 0 N–H and O–H groups in total. The fraction of sp³-hybridized carbons (Fsp3) is 0.